The van der Waals surface area contributed by atoms with Gasteiger partial charge in [-0.1, -0.05) is 20.8 Å². The van der Waals surface area contributed by atoms with Gasteiger partial charge in [0.15, 0.2) is 0 Å². The fraction of sp³-hybridized carbons (Fsp3) is 0.923. The van der Waals surface area contributed by atoms with Crippen molar-refractivity contribution < 1.29 is 4.79 Å². The van der Waals surface area contributed by atoms with Crippen LogP contribution in [0.15, 0.2) is 0 Å². The zero-order chi connectivity index (χ0) is 12.2. The highest BCUT2D eigenvalue weighted by Gasteiger charge is 2.28. The molecule has 2 atom stereocenters. The molecule has 2 unspecified atom stereocenters. The monoisotopic (exact) mass is 226 g/mol. The van der Waals surface area contributed by atoms with E-state index in [0.29, 0.717) is 5.92 Å². The Bertz CT molecular complexity index is 232. The lowest BCUT2D eigenvalue weighted by molar-refractivity contribution is -0.130. The molecule has 16 heavy (non-hydrogen) atoms. The van der Waals surface area contributed by atoms with Gasteiger partial charge < -0.3 is 10.6 Å². The van der Waals surface area contributed by atoms with E-state index >= 15 is 0 Å². The lowest BCUT2D eigenvalue weighted by Crippen LogP contribution is -2.48. The Labute approximate surface area is 99.4 Å². The summed E-state index contributed by atoms with van der Waals surface area (Å²) >= 11 is 0. The van der Waals surface area contributed by atoms with E-state index in [2.05, 4.69) is 24.5 Å². The van der Waals surface area contributed by atoms with Gasteiger partial charge in [0.05, 0.1) is 0 Å². The van der Waals surface area contributed by atoms with Crippen molar-refractivity contribution in [2.45, 2.75) is 53.0 Å². The van der Waals surface area contributed by atoms with Crippen molar-refractivity contribution in [3.05, 3.63) is 0 Å². The van der Waals surface area contributed by atoms with Crippen LogP contribution in [0.25, 0.3) is 0 Å². The first-order valence-electron chi connectivity index (χ1n) is 6.49. The molecule has 2 N–H and O–H groups in total. The number of piperidine rings is 1. The Morgan fingerprint density at radius 2 is 2.25 bits per heavy atom. The van der Waals surface area contributed by atoms with Gasteiger partial charge in [-0.05, 0) is 45.2 Å². The molecule has 0 aromatic rings. The number of nitrogens with one attached hydrogen (secondary N) is 2. The lowest BCUT2D eigenvalue weighted by Gasteiger charge is -2.31. The fourth-order valence-corrected chi connectivity index (χ4v) is 1.99. The average molecular weight is 226 g/mol. The molecule has 3 heteroatoms. The average Bonchev–Trinajstić information content (AvgIpc) is 2.30. The Morgan fingerprint density at radius 3 is 2.75 bits per heavy atom. The molecular weight excluding hydrogens is 200 g/mol. The Morgan fingerprint density at radius 1 is 1.56 bits per heavy atom. The molecule has 0 spiro atoms. The molecule has 1 saturated heterocycles. The van der Waals surface area contributed by atoms with E-state index < -0.39 is 0 Å². The van der Waals surface area contributed by atoms with E-state index in [1.54, 1.807) is 0 Å². The van der Waals surface area contributed by atoms with Crippen molar-refractivity contribution in [3.63, 3.8) is 0 Å². The fourth-order valence-electron chi connectivity index (χ4n) is 1.99. The van der Waals surface area contributed by atoms with E-state index in [9.17, 15) is 4.79 Å². The van der Waals surface area contributed by atoms with Crippen LogP contribution < -0.4 is 10.6 Å². The Hall–Kier alpha value is -0.570. The molecule has 94 valence electrons. The molecule has 0 radical (unpaired) electrons. The molecule has 0 aromatic carbocycles. The highest BCUT2D eigenvalue weighted by molar-refractivity contribution is 5.81. The minimum atomic E-state index is -0.240. The summed E-state index contributed by atoms with van der Waals surface area (Å²) < 4.78 is 0. The number of hydrogen-bond acceptors (Lipinski definition) is 2. The van der Waals surface area contributed by atoms with E-state index in [0.717, 1.165) is 19.5 Å². The second-order valence-electron chi connectivity index (χ2n) is 5.61. The third-order valence-electron chi connectivity index (χ3n) is 3.90. The molecule has 0 saturated carbocycles. The summed E-state index contributed by atoms with van der Waals surface area (Å²) in [6.07, 6.45) is 3.33. The maximum absolute atomic E-state index is 12.0. The van der Waals surface area contributed by atoms with Gasteiger partial charge in [0.1, 0.15) is 0 Å². The number of carbonyl (C=O) groups is 1. The molecule has 1 fully saturated rings. The number of amides is 1. The normalized spacial score (nSPS) is 23.9. The molecule has 1 aliphatic rings. The minimum Gasteiger partial charge on any atom is -0.353 e. The smallest absolute Gasteiger partial charge is 0.225 e. The molecule has 0 bridgehead atoms. The van der Waals surface area contributed by atoms with Crippen LogP contribution in [0.2, 0.25) is 0 Å². The van der Waals surface area contributed by atoms with Gasteiger partial charge in [0, 0.05) is 11.5 Å². The SMILES string of the molecule is CCC(C)(C)C(=O)NC(C)C1CCCNC1. The summed E-state index contributed by atoms with van der Waals surface area (Å²) in [5.41, 5.74) is -0.240. The molecule has 3 nitrogen and oxygen atoms in total. The van der Waals surface area contributed by atoms with Gasteiger partial charge in [0.25, 0.3) is 0 Å². The van der Waals surface area contributed by atoms with Gasteiger partial charge in [-0.15, -0.1) is 0 Å². The first-order chi connectivity index (χ1) is 7.47. The van der Waals surface area contributed by atoms with Gasteiger partial charge in [-0.2, -0.15) is 0 Å². The van der Waals surface area contributed by atoms with E-state index in [4.69, 9.17) is 0 Å². The predicted molar refractivity (Wildman–Crippen MR) is 67.3 cm³/mol. The largest absolute Gasteiger partial charge is 0.353 e. The number of hydrogen-bond donors (Lipinski definition) is 2. The zero-order valence-electron chi connectivity index (χ0n) is 11.1. The van der Waals surface area contributed by atoms with Crippen LogP contribution >= 0.6 is 0 Å². The van der Waals surface area contributed by atoms with Crippen molar-refractivity contribution in [2.75, 3.05) is 13.1 Å². The van der Waals surface area contributed by atoms with Crippen LogP contribution in [-0.2, 0) is 4.79 Å². The van der Waals surface area contributed by atoms with Crippen molar-refractivity contribution >= 4 is 5.91 Å². The summed E-state index contributed by atoms with van der Waals surface area (Å²) in [4.78, 5) is 12.0. The second-order valence-corrected chi connectivity index (χ2v) is 5.61. The quantitative estimate of drug-likeness (QED) is 0.769. The van der Waals surface area contributed by atoms with Crippen molar-refractivity contribution in [1.29, 1.82) is 0 Å². The van der Waals surface area contributed by atoms with Crippen molar-refractivity contribution in [1.82, 2.24) is 10.6 Å². The molecule has 1 rings (SSSR count). The van der Waals surface area contributed by atoms with Crippen LogP contribution in [0.5, 0.6) is 0 Å². The first-order valence-corrected chi connectivity index (χ1v) is 6.49. The first kappa shape index (κ1) is 13.5. The van der Waals surface area contributed by atoms with Crippen LogP contribution in [0.1, 0.15) is 47.0 Å². The summed E-state index contributed by atoms with van der Waals surface area (Å²) in [6, 6.07) is 0.283. The third kappa shape index (κ3) is 3.48. The highest BCUT2D eigenvalue weighted by Crippen LogP contribution is 2.21. The van der Waals surface area contributed by atoms with E-state index in [-0.39, 0.29) is 17.4 Å². The van der Waals surface area contributed by atoms with Gasteiger partial charge in [-0.3, -0.25) is 4.79 Å². The maximum atomic E-state index is 12.0. The van der Waals surface area contributed by atoms with Crippen LogP contribution in [-0.4, -0.2) is 25.0 Å². The molecule has 1 heterocycles. The summed E-state index contributed by atoms with van der Waals surface area (Å²) in [6.45, 7) is 10.4. The molecule has 0 aromatic heterocycles. The topological polar surface area (TPSA) is 41.1 Å². The Balaban J connectivity index is 2.43. The lowest BCUT2D eigenvalue weighted by atomic mass is 9.87. The number of carbonyl (C=O) groups excluding carboxylic acids is 1. The Kier molecular flexibility index (Phi) is 4.78. The van der Waals surface area contributed by atoms with E-state index in [1.165, 1.54) is 12.8 Å². The van der Waals surface area contributed by atoms with E-state index in [1.807, 2.05) is 13.8 Å². The maximum Gasteiger partial charge on any atom is 0.225 e. The molecular formula is C13H26N2O. The molecule has 1 aliphatic heterocycles. The molecule has 0 aliphatic carbocycles. The van der Waals surface area contributed by atoms with Crippen LogP contribution in [0, 0.1) is 11.3 Å². The summed E-state index contributed by atoms with van der Waals surface area (Å²) in [5.74, 6) is 0.776. The summed E-state index contributed by atoms with van der Waals surface area (Å²) in [5, 5.41) is 6.55. The van der Waals surface area contributed by atoms with Gasteiger partial charge in [-0.25, -0.2) is 0 Å². The third-order valence-corrected chi connectivity index (χ3v) is 3.90. The summed E-state index contributed by atoms with van der Waals surface area (Å²) in [7, 11) is 0. The van der Waals surface area contributed by atoms with Gasteiger partial charge >= 0.3 is 0 Å². The number of rotatable bonds is 4. The molecule has 1 amide bonds. The zero-order valence-corrected chi connectivity index (χ0v) is 11.1. The second kappa shape index (κ2) is 5.67. The standard InChI is InChI=1S/C13H26N2O/c1-5-13(3,4)12(16)15-10(2)11-7-6-8-14-9-11/h10-11,14H,5-9H2,1-4H3,(H,15,16). The van der Waals surface area contributed by atoms with Gasteiger partial charge in [0.2, 0.25) is 5.91 Å². The van der Waals surface area contributed by atoms with Crippen molar-refractivity contribution in [3.8, 4) is 0 Å². The minimum absolute atomic E-state index is 0.188. The van der Waals surface area contributed by atoms with Crippen molar-refractivity contribution in [2.24, 2.45) is 11.3 Å². The highest BCUT2D eigenvalue weighted by atomic mass is 16.2. The van der Waals surface area contributed by atoms with Crippen LogP contribution in [0.4, 0.5) is 0 Å². The van der Waals surface area contributed by atoms with Crippen LogP contribution in [0.3, 0.4) is 0 Å². The predicted octanol–water partition coefficient (Wildman–Crippen LogP) is 1.93.